The van der Waals surface area contributed by atoms with E-state index in [0.29, 0.717) is 16.7 Å². The molecule has 0 saturated carbocycles. The van der Waals surface area contributed by atoms with E-state index in [1.54, 1.807) is 18.4 Å². The number of hydrogen-bond acceptors (Lipinski definition) is 6. The molecule has 2 aliphatic rings. The molecule has 2 unspecified atom stereocenters. The number of fused-ring (bicyclic) bond motifs is 1. The smallest absolute Gasteiger partial charge is 0.264 e. The monoisotopic (exact) mass is 380 g/mol. The van der Waals surface area contributed by atoms with E-state index < -0.39 is 0 Å². The number of nitrogens with zero attached hydrogens (tertiary/aromatic N) is 4. The van der Waals surface area contributed by atoms with E-state index in [-0.39, 0.29) is 17.2 Å². The van der Waals surface area contributed by atoms with Crippen LogP contribution in [0.1, 0.15) is 34.8 Å². The predicted molar refractivity (Wildman–Crippen MR) is 103 cm³/mol. The zero-order valence-electron chi connectivity index (χ0n) is 15.0. The highest BCUT2D eigenvalue weighted by molar-refractivity contribution is 8.00. The van der Waals surface area contributed by atoms with Crippen molar-refractivity contribution in [1.82, 2.24) is 19.7 Å². The van der Waals surface area contributed by atoms with Gasteiger partial charge in [0.2, 0.25) is 5.82 Å². The summed E-state index contributed by atoms with van der Waals surface area (Å²) in [5.74, 6) is 1.04. The highest BCUT2D eigenvalue weighted by Gasteiger charge is 2.43. The van der Waals surface area contributed by atoms with E-state index in [9.17, 15) is 4.79 Å². The third-order valence-corrected chi connectivity index (χ3v) is 6.43. The first-order valence-corrected chi connectivity index (χ1v) is 10.1. The molecule has 138 valence electrons. The van der Waals surface area contributed by atoms with E-state index in [4.69, 9.17) is 4.42 Å². The van der Waals surface area contributed by atoms with Gasteiger partial charge in [-0.05, 0) is 50.6 Å². The van der Waals surface area contributed by atoms with Crippen LogP contribution in [0.25, 0.3) is 11.6 Å². The van der Waals surface area contributed by atoms with E-state index >= 15 is 0 Å². The van der Waals surface area contributed by atoms with Crippen LogP contribution < -0.4 is 0 Å². The van der Waals surface area contributed by atoms with Crippen LogP contribution in [0.4, 0.5) is 0 Å². The Morgan fingerprint density at radius 2 is 1.96 bits per heavy atom. The van der Waals surface area contributed by atoms with Gasteiger partial charge in [-0.15, -0.1) is 5.10 Å². The fourth-order valence-corrected chi connectivity index (χ4v) is 5.13. The lowest BCUT2D eigenvalue weighted by Gasteiger charge is -2.31. The molecule has 5 rings (SSSR count). The van der Waals surface area contributed by atoms with Crippen molar-refractivity contribution in [2.75, 3.05) is 13.1 Å². The molecular weight excluding hydrogens is 360 g/mol. The average molecular weight is 380 g/mol. The van der Waals surface area contributed by atoms with Crippen LogP contribution in [0.3, 0.4) is 0 Å². The Bertz CT molecular complexity index is 959. The summed E-state index contributed by atoms with van der Waals surface area (Å²) >= 11 is 1.51. The summed E-state index contributed by atoms with van der Waals surface area (Å²) in [4.78, 5) is 20.2. The molecule has 3 aromatic rings. The van der Waals surface area contributed by atoms with Gasteiger partial charge in [0.15, 0.2) is 10.9 Å². The van der Waals surface area contributed by atoms with Gasteiger partial charge in [-0.25, -0.2) is 0 Å². The minimum atomic E-state index is -0.230. The van der Waals surface area contributed by atoms with Gasteiger partial charge in [-0.3, -0.25) is 9.69 Å². The summed E-state index contributed by atoms with van der Waals surface area (Å²) in [5, 5.41) is 4.82. The highest BCUT2D eigenvalue weighted by atomic mass is 32.2. The molecule has 2 atom stereocenters. The van der Waals surface area contributed by atoms with Crippen molar-refractivity contribution in [3.8, 4) is 11.6 Å². The molecule has 7 heteroatoms. The van der Waals surface area contributed by atoms with E-state index in [0.717, 1.165) is 13.1 Å². The van der Waals surface area contributed by atoms with Crippen LogP contribution in [-0.4, -0.2) is 43.9 Å². The average Bonchev–Trinajstić information content (AvgIpc) is 3.44. The van der Waals surface area contributed by atoms with Crippen LogP contribution in [0.5, 0.6) is 0 Å². The fraction of sp³-hybridized carbons (Fsp3) is 0.350. The maximum absolute atomic E-state index is 13.2. The van der Waals surface area contributed by atoms with Crippen molar-refractivity contribution < 1.29 is 9.21 Å². The van der Waals surface area contributed by atoms with Crippen LogP contribution in [-0.2, 0) is 0 Å². The first-order valence-electron chi connectivity index (χ1n) is 9.23. The summed E-state index contributed by atoms with van der Waals surface area (Å²) in [7, 11) is 0. The standard InChI is InChI=1S/C20H20N4O2S/c1-13-6-8-14(9-7-13)16(23-10-2-3-11-23)17-19(25)24-20(27-17)21-18(22-24)15-5-4-12-26-15/h4-9,12,16-17H,2-3,10-11H2,1H3. The van der Waals surface area contributed by atoms with Gasteiger partial charge in [0.05, 0.1) is 12.3 Å². The molecule has 2 aromatic heterocycles. The zero-order chi connectivity index (χ0) is 18.4. The molecule has 6 nitrogen and oxygen atoms in total. The molecule has 4 heterocycles. The van der Waals surface area contributed by atoms with Gasteiger partial charge >= 0.3 is 0 Å². The number of likely N-dealkylation sites (tertiary alicyclic amines) is 1. The summed E-state index contributed by atoms with van der Waals surface area (Å²) in [6.45, 7) is 4.13. The molecule has 0 radical (unpaired) electrons. The van der Waals surface area contributed by atoms with Crippen molar-refractivity contribution in [3.63, 3.8) is 0 Å². The molecule has 27 heavy (non-hydrogen) atoms. The number of rotatable bonds is 4. The number of furan rings is 1. The second kappa shape index (κ2) is 6.65. The lowest BCUT2D eigenvalue weighted by Crippen LogP contribution is -2.37. The third kappa shape index (κ3) is 2.91. The third-order valence-electron chi connectivity index (χ3n) is 5.24. The van der Waals surface area contributed by atoms with E-state index in [1.165, 1.54) is 40.4 Å². The summed E-state index contributed by atoms with van der Waals surface area (Å²) in [6.07, 6.45) is 3.94. The number of thioether (sulfide) groups is 1. The second-order valence-corrected chi connectivity index (χ2v) is 8.19. The Morgan fingerprint density at radius 1 is 1.19 bits per heavy atom. The maximum Gasteiger partial charge on any atom is 0.264 e. The minimum absolute atomic E-state index is 0.00205. The Morgan fingerprint density at radius 3 is 2.63 bits per heavy atom. The summed E-state index contributed by atoms with van der Waals surface area (Å²) < 4.78 is 6.81. The SMILES string of the molecule is Cc1ccc(C(C2Sc3nc(-c4ccco4)nn3C2=O)N2CCCC2)cc1. The van der Waals surface area contributed by atoms with E-state index in [2.05, 4.69) is 46.2 Å². The Balaban J connectivity index is 1.48. The van der Waals surface area contributed by atoms with Crippen LogP contribution in [0.2, 0.25) is 0 Å². The zero-order valence-corrected chi connectivity index (χ0v) is 15.9. The van der Waals surface area contributed by atoms with Gasteiger partial charge < -0.3 is 4.42 Å². The topological polar surface area (TPSA) is 64.2 Å². The number of aryl methyl sites for hydroxylation is 1. The summed E-state index contributed by atoms with van der Waals surface area (Å²) in [5.41, 5.74) is 2.41. The van der Waals surface area contributed by atoms with Gasteiger partial charge in [-0.2, -0.15) is 9.67 Å². The van der Waals surface area contributed by atoms with Crippen molar-refractivity contribution >= 4 is 17.7 Å². The lowest BCUT2D eigenvalue weighted by atomic mass is 10.00. The molecule has 0 spiro atoms. The molecule has 1 fully saturated rings. The number of aromatic nitrogens is 3. The van der Waals surface area contributed by atoms with Gasteiger partial charge in [0.1, 0.15) is 5.25 Å². The molecule has 0 bridgehead atoms. The van der Waals surface area contributed by atoms with Crippen LogP contribution in [0.15, 0.2) is 52.2 Å². The van der Waals surface area contributed by atoms with E-state index in [1.807, 2.05) is 0 Å². The molecule has 0 aliphatic carbocycles. The van der Waals surface area contributed by atoms with Gasteiger partial charge in [0, 0.05) is 0 Å². The highest BCUT2D eigenvalue weighted by Crippen LogP contribution is 2.42. The number of benzene rings is 1. The predicted octanol–water partition coefficient (Wildman–Crippen LogP) is 3.80. The van der Waals surface area contributed by atoms with Crippen molar-refractivity contribution in [2.24, 2.45) is 0 Å². The van der Waals surface area contributed by atoms with Gasteiger partial charge in [-0.1, -0.05) is 41.6 Å². The first-order chi connectivity index (χ1) is 13.2. The number of hydrogen-bond donors (Lipinski definition) is 0. The Kier molecular flexibility index (Phi) is 4.13. The Labute approximate surface area is 161 Å². The molecule has 1 saturated heterocycles. The lowest BCUT2D eigenvalue weighted by molar-refractivity contribution is 0.0848. The molecule has 0 N–H and O–H groups in total. The molecular formula is C20H20N4O2S. The molecule has 0 amide bonds. The van der Waals surface area contributed by atoms with Crippen LogP contribution in [0, 0.1) is 6.92 Å². The second-order valence-electron chi connectivity index (χ2n) is 7.08. The minimum Gasteiger partial charge on any atom is -0.461 e. The number of carbonyl (C=O) groups is 1. The normalized spacial score (nSPS) is 20.9. The van der Waals surface area contributed by atoms with Crippen LogP contribution >= 0.6 is 11.8 Å². The fourth-order valence-electron chi connectivity index (χ4n) is 3.87. The number of carbonyl (C=O) groups excluding carboxylic acids is 1. The molecule has 1 aromatic carbocycles. The molecule has 2 aliphatic heterocycles. The first kappa shape index (κ1) is 16.8. The largest absolute Gasteiger partial charge is 0.461 e. The quantitative estimate of drug-likeness (QED) is 0.686. The maximum atomic E-state index is 13.2. The van der Waals surface area contributed by atoms with Crippen molar-refractivity contribution in [1.29, 1.82) is 0 Å². The van der Waals surface area contributed by atoms with Crippen molar-refractivity contribution in [2.45, 2.75) is 36.2 Å². The van der Waals surface area contributed by atoms with Gasteiger partial charge in [0.25, 0.3) is 5.91 Å². The Hall–Kier alpha value is -2.38. The summed E-state index contributed by atoms with van der Waals surface area (Å²) in [6, 6.07) is 12.2. The van der Waals surface area contributed by atoms with Crippen molar-refractivity contribution in [3.05, 3.63) is 53.8 Å².